The van der Waals surface area contributed by atoms with Gasteiger partial charge in [-0.05, 0) is 87.2 Å². The Morgan fingerprint density at radius 1 is 1.21 bits per heavy atom. The Labute approximate surface area is 145 Å². The average Bonchev–Trinajstić information content (AvgIpc) is 3.43. The molecule has 1 aromatic carbocycles. The van der Waals surface area contributed by atoms with Gasteiger partial charge in [0, 0.05) is 5.41 Å². The van der Waals surface area contributed by atoms with Gasteiger partial charge in [-0.2, -0.15) is 0 Å². The Hall–Kier alpha value is -1.06. The van der Waals surface area contributed by atoms with E-state index in [-0.39, 0.29) is 5.41 Å². The summed E-state index contributed by atoms with van der Waals surface area (Å²) in [6.07, 6.45) is 10.2. The number of hydrogen-bond donors (Lipinski definition) is 2. The Morgan fingerprint density at radius 3 is 2.83 bits per heavy atom. The van der Waals surface area contributed by atoms with Crippen molar-refractivity contribution in [3.8, 4) is 5.75 Å². The minimum atomic E-state index is -0.536. The van der Waals surface area contributed by atoms with Crippen LogP contribution in [0.2, 0.25) is 0 Å². The van der Waals surface area contributed by atoms with E-state index in [2.05, 4.69) is 23.5 Å². The summed E-state index contributed by atoms with van der Waals surface area (Å²) in [7, 11) is 1.74. The summed E-state index contributed by atoms with van der Waals surface area (Å²) < 4.78 is 5.51. The van der Waals surface area contributed by atoms with Crippen LogP contribution in [-0.2, 0) is 11.8 Å². The van der Waals surface area contributed by atoms with Crippen LogP contribution in [0.1, 0.15) is 62.5 Å². The highest BCUT2D eigenvalue weighted by Gasteiger charge is 2.54. The van der Waals surface area contributed by atoms with Gasteiger partial charge >= 0.3 is 0 Å². The normalized spacial score (nSPS) is 32.1. The first-order valence-corrected chi connectivity index (χ1v) is 9.77. The van der Waals surface area contributed by atoms with E-state index >= 15 is 0 Å². The standard InChI is InChI=1S/C21H31NO2/c1-24-18-7-6-17-8-11-21(23)10-3-2-9-20(21,19(17)14-18)12-13-22-15-16-4-5-16/h6-7,14,16,22-23H,2-5,8-13,15H2,1H3. The van der Waals surface area contributed by atoms with E-state index < -0.39 is 5.60 Å². The molecule has 4 rings (SSSR count). The molecule has 132 valence electrons. The molecule has 2 N–H and O–H groups in total. The van der Waals surface area contributed by atoms with Crippen LogP contribution in [0.4, 0.5) is 0 Å². The number of ether oxygens (including phenoxy) is 1. The molecule has 0 saturated heterocycles. The molecular weight excluding hydrogens is 298 g/mol. The molecule has 3 heteroatoms. The first-order valence-electron chi connectivity index (χ1n) is 9.77. The fourth-order valence-electron chi connectivity index (χ4n) is 5.18. The lowest BCUT2D eigenvalue weighted by molar-refractivity contribution is -0.0869. The summed E-state index contributed by atoms with van der Waals surface area (Å²) in [6.45, 7) is 2.16. The Balaban J connectivity index is 1.64. The van der Waals surface area contributed by atoms with Gasteiger partial charge in [0.2, 0.25) is 0 Å². The molecule has 3 aliphatic carbocycles. The Bertz CT molecular complexity index is 598. The lowest BCUT2D eigenvalue weighted by atomic mass is 9.53. The molecule has 0 spiro atoms. The van der Waals surface area contributed by atoms with E-state index in [1.165, 1.54) is 30.4 Å². The second-order valence-corrected chi connectivity index (χ2v) is 8.24. The van der Waals surface area contributed by atoms with E-state index in [9.17, 15) is 5.11 Å². The predicted molar refractivity (Wildman–Crippen MR) is 96.6 cm³/mol. The summed E-state index contributed by atoms with van der Waals surface area (Å²) in [5.41, 5.74) is 2.16. The van der Waals surface area contributed by atoms with E-state index in [4.69, 9.17) is 4.74 Å². The van der Waals surface area contributed by atoms with Gasteiger partial charge in [-0.25, -0.2) is 0 Å². The number of aryl methyl sites for hydroxylation is 1. The molecule has 0 aromatic heterocycles. The number of fused-ring (bicyclic) bond motifs is 3. The summed E-state index contributed by atoms with van der Waals surface area (Å²) in [4.78, 5) is 0. The van der Waals surface area contributed by atoms with Crippen molar-refractivity contribution in [2.24, 2.45) is 5.92 Å². The van der Waals surface area contributed by atoms with Gasteiger partial charge in [0.1, 0.15) is 5.75 Å². The zero-order valence-corrected chi connectivity index (χ0v) is 14.9. The number of hydrogen-bond acceptors (Lipinski definition) is 3. The maximum absolute atomic E-state index is 11.6. The molecular formula is C21H31NO2. The zero-order valence-electron chi connectivity index (χ0n) is 14.9. The molecule has 3 nitrogen and oxygen atoms in total. The van der Waals surface area contributed by atoms with Crippen molar-refractivity contribution in [2.45, 2.75) is 68.8 Å². The topological polar surface area (TPSA) is 41.5 Å². The first-order chi connectivity index (χ1) is 11.7. The lowest BCUT2D eigenvalue weighted by Gasteiger charge is -2.55. The van der Waals surface area contributed by atoms with Crippen molar-refractivity contribution < 1.29 is 9.84 Å². The molecule has 2 saturated carbocycles. The van der Waals surface area contributed by atoms with Gasteiger partial charge in [-0.15, -0.1) is 0 Å². The summed E-state index contributed by atoms with van der Waals surface area (Å²) in [5, 5.41) is 15.3. The Morgan fingerprint density at radius 2 is 2.04 bits per heavy atom. The summed E-state index contributed by atoms with van der Waals surface area (Å²) >= 11 is 0. The molecule has 24 heavy (non-hydrogen) atoms. The van der Waals surface area contributed by atoms with Crippen molar-refractivity contribution in [1.29, 1.82) is 0 Å². The van der Waals surface area contributed by atoms with Gasteiger partial charge in [-0.1, -0.05) is 18.9 Å². The highest BCUT2D eigenvalue weighted by Crippen LogP contribution is 2.55. The maximum atomic E-state index is 11.6. The molecule has 0 amide bonds. The van der Waals surface area contributed by atoms with Crippen molar-refractivity contribution in [3.63, 3.8) is 0 Å². The molecule has 1 aromatic rings. The highest BCUT2D eigenvalue weighted by atomic mass is 16.5. The van der Waals surface area contributed by atoms with Crippen LogP contribution in [0, 0.1) is 5.92 Å². The number of aliphatic hydroxyl groups is 1. The van der Waals surface area contributed by atoms with E-state index in [1.807, 2.05) is 0 Å². The minimum absolute atomic E-state index is 0.0933. The monoisotopic (exact) mass is 329 g/mol. The Kier molecular flexibility index (Phi) is 4.34. The van der Waals surface area contributed by atoms with Gasteiger partial charge < -0.3 is 15.2 Å². The summed E-state index contributed by atoms with van der Waals surface area (Å²) in [5.74, 6) is 1.83. The largest absolute Gasteiger partial charge is 0.497 e. The number of rotatable bonds is 6. The average molecular weight is 329 g/mol. The third-order valence-electron chi connectivity index (χ3n) is 6.83. The smallest absolute Gasteiger partial charge is 0.119 e. The minimum Gasteiger partial charge on any atom is -0.497 e. The number of benzene rings is 1. The van der Waals surface area contributed by atoms with E-state index in [0.717, 1.165) is 63.3 Å². The molecule has 0 bridgehead atoms. The van der Waals surface area contributed by atoms with Crippen LogP contribution in [0.15, 0.2) is 18.2 Å². The van der Waals surface area contributed by atoms with Crippen molar-refractivity contribution >= 4 is 0 Å². The van der Waals surface area contributed by atoms with Crippen molar-refractivity contribution in [1.82, 2.24) is 5.32 Å². The lowest BCUT2D eigenvalue weighted by Crippen LogP contribution is -2.57. The molecule has 3 aliphatic rings. The second-order valence-electron chi connectivity index (χ2n) is 8.24. The fraction of sp³-hybridized carbons (Fsp3) is 0.714. The van der Waals surface area contributed by atoms with Crippen LogP contribution < -0.4 is 10.1 Å². The van der Waals surface area contributed by atoms with Crippen LogP contribution in [0.25, 0.3) is 0 Å². The second kappa shape index (κ2) is 6.34. The number of nitrogens with one attached hydrogen (secondary N) is 1. The van der Waals surface area contributed by atoms with Crippen LogP contribution in [-0.4, -0.2) is 30.9 Å². The third-order valence-corrected chi connectivity index (χ3v) is 6.83. The van der Waals surface area contributed by atoms with Gasteiger partial charge in [0.15, 0.2) is 0 Å². The van der Waals surface area contributed by atoms with Crippen LogP contribution >= 0.6 is 0 Å². The molecule has 0 aliphatic heterocycles. The molecule has 2 unspecified atom stereocenters. The SMILES string of the molecule is COc1ccc2c(c1)C1(CCNCC3CC3)CCCCC1(O)CC2. The van der Waals surface area contributed by atoms with Crippen LogP contribution in [0.3, 0.4) is 0 Å². The van der Waals surface area contributed by atoms with Gasteiger partial charge in [0.05, 0.1) is 12.7 Å². The van der Waals surface area contributed by atoms with E-state index in [0.29, 0.717) is 0 Å². The zero-order chi connectivity index (χ0) is 16.6. The quantitative estimate of drug-likeness (QED) is 0.784. The van der Waals surface area contributed by atoms with Crippen molar-refractivity contribution in [3.05, 3.63) is 29.3 Å². The molecule has 2 atom stereocenters. The van der Waals surface area contributed by atoms with Gasteiger partial charge in [-0.3, -0.25) is 0 Å². The molecule has 0 radical (unpaired) electrons. The number of methoxy groups -OCH3 is 1. The van der Waals surface area contributed by atoms with Crippen molar-refractivity contribution in [2.75, 3.05) is 20.2 Å². The third kappa shape index (κ3) is 2.76. The maximum Gasteiger partial charge on any atom is 0.119 e. The van der Waals surface area contributed by atoms with Crippen LogP contribution in [0.5, 0.6) is 5.75 Å². The van der Waals surface area contributed by atoms with E-state index in [1.54, 1.807) is 7.11 Å². The molecule has 0 heterocycles. The first kappa shape index (κ1) is 16.4. The van der Waals surface area contributed by atoms with Gasteiger partial charge in [0.25, 0.3) is 0 Å². The predicted octanol–water partition coefficient (Wildman–Crippen LogP) is 3.57. The molecule has 2 fully saturated rings. The fourth-order valence-corrected chi connectivity index (χ4v) is 5.18. The highest BCUT2D eigenvalue weighted by molar-refractivity contribution is 5.46. The summed E-state index contributed by atoms with van der Waals surface area (Å²) in [6, 6.07) is 6.51.